The van der Waals surface area contributed by atoms with Gasteiger partial charge in [-0.3, -0.25) is 14.6 Å². The lowest BCUT2D eigenvalue weighted by molar-refractivity contribution is -0.125. The number of unbranched alkanes of at least 4 members (excludes halogenated alkanes) is 4. The third kappa shape index (κ3) is 7.93. The average Bonchev–Trinajstić information content (AvgIpc) is 3.20. The monoisotopic (exact) mass is 577 g/mol. The summed E-state index contributed by atoms with van der Waals surface area (Å²) in [6.45, 7) is 4.17. The van der Waals surface area contributed by atoms with Gasteiger partial charge in [-0.1, -0.05) is 19.3 Å². The number of hydrogen-bond donors (Lipinski definition) is 2. The van der Waals surface area contributed by atoms with E-state index >= 15 is 0 Å². The van der Waals surface area contributed by atoms with Crippen LogP contribution < -0.4 is 16.0 Å². The molecule has 1 saturated heterocycles. The number of rotatable bonds is 13. The number of carbonyl (C=O) groups is 2. The number of carbonyl (C=O) groups excluding carboxylic acids is 2. The number of likely N-dealkylation sites (N-methyl/N-ethyl adjacent to an activating group) is 1. The Morgan fingerprint density at radius 2 is 1.77 bits per heavy atom. The zero-order valence-corrected chi connectivity index (χ0v) is 25.3. The lowest BCUT2D eigenvalue weighted by Crippen LogP contribution is -2.50. The molecule has 2 aliphatic heterocycles. The normalized spacial score (nSPS) is 17.6. The summed E-state index contributed by atoms with van der Waals surface area (Å²) in [6.07, 6.45) is 11.0. The molecule has 3 rings (SSSR count). The Kier molecular flexibility index (Phi) is 11.2. The summed E-state index contributed by atoms with van der Waals surface area (Å²) in [6, 6.07) is 3.69. The Morgan fingerprint density at radius 3 is 2.38 bits per heavy atom. The fourth-order valence-corrected chi connectivity index (χ4v) is 6.82. The van der Waals surface area contributed by atoms with E-state index in [2.05, 4.69) is 11.6 Å². The molecule has 0 aliphatic carbocycles. The van der Waals surface area contributed by atoms with Crippen molar-refractivity contribution >= 4 is 51.2 Å². The Bertz CT molecular complexity index is 1180. The first-order valence-corrected chi connectivity index (χ1v) is 16.6. The van der Waals surface area contributed by atoms with E-state index in [1.165, 1.54) is 39.6 Å². The Morgan fingerprint density at radius 1 is 1.15 bits per heavy atom. The van der Waals surface area contributed by atoms with Gasteiger partial charge in [-0.05, 0) is 86.4 Å². The first kappa shape index (κ1) is 31.3. The minimum atomic E-state index is -3.67. The number of thioether (sulfide) groups is 1. The van der Waals surface area contributed by atoms with Crippen molar-refractivity contribution in [2.24, 2.45) is 10.7 Å². The van der Waals surface area contributed by atoms with Crippen LogP contribution in [-0.4, -0.2) is 74.6 Å². The second kappa shape index (κ2) is 13.9. The van der Waals surface area contributed by atoms with Gasteiger partial charge in [0, 0.05) is 37.7 Å². The van der Waals surface area contributed by atoms with Gasteiger partial charge >= 0.3 is 0 Å². The van der Waals surface area contributed by atoms with Crippen LogP contribution in [0, 0.1) is 13.8 Å². The van der Waals surface area contributed by atoms with Gasteiger partial charge in [-0.2, -0.15) is 16.1 Å². The van der Waals surface area contributed by atoms with Crippen molar-refractivity contribution in [1.29, 1.82) is 0 Å². The number of anilines is 1. The molecule has 2 aliphatic rings. The van der Waals surface area contributed by atoms with Crippen LogP contribution in [0.15, 0.2) is 22.5 Å². The van der Waals surface area contributed by atoms with Crippen molar-refractivity contribution in [1.82, 2.24) is 9.62 Å². The Hall–Kier alpha value is -2.21. The van der Waals surface area contributed by atoms with Gasteiger partial charge in [-0.15, -0.1) is 0 Å². The van der Waals surface area contributed by atoms with E-state index in [9.17, 15) is 18.0 Å². The van der Waals surface area contributed by atoms with Crippen molar-refractivity contribution in [2.45, 2.75) is 70.8 Å². The minimum Gasteiger partial charge on any atom is -0.322 e. The van der Waals surface area contributed by atoms with Crippen molar-refractivity contribution in [3.05, 3.63) is 34.2 Å². The smallest absolute Gasteiger partial charge is 0.253 e. The second-order valence-electron chi connectivity index (χ2n) is 10.5. The number of aliphatic imine (C=N–C) groups is 1. The van der Waals surface area contributed by atoms with Crippen LogP contribution in [0.5, 0.6) is 0 Å². The molecular formula is C28H43N5O4S2. The summed E-state index contributed by atoms with van der Waals surface area (Å²) >= 11 is 1.88. The largest absolute Gasteiger partial charge is 0.322 e. The third-order valence-corrected chi connectivity index (χ3v) is 9.88. The lowest BCUT2D eigenvalue weighted by atomic mass is 9.89. The maximum atomic E-state index is 13.1. The third-order valence-electron chi connectivity index (χ3n) is 7.62. The molecule has 11 heteroatoms. The van der Waals surface area contributed by atoms with E-state index in [1.807, 2.05) is 37.7 Å². The number of nitrogens with one attached hydrogen (secondary N) is 1. The summed E-state index contributed by atoms with van der Waals surface area (Å²) in [4.78, 5) is 31.0. The number of nitrogens with two attached hydrogens (primary N) is 1. The van der Waals surface area contributed by atoms with Crippen molar-refractivity contribution in [3.63, 3.8) is 0 Å². The highest BCUT2D eigenvalue weighted by atomic mass is 32.2. The molecule has 0 unspecified atom stereocenters. The van der Waals surface area contributed by atoms with Gasteiger partial charge in [-0.25, -0.2) is 8.42 Å². The zero-order chi connectivity index (χ0) is 28.6. The van der Waals surface area contributed by atoms with E-state index < -0.39 is 15.6 Å². The molecule has 1 fully saturated rings. The first-order chi connectivity index (χ1) is 18.5. The summed E-state index contributed by atoms with van der Waals surface area (Å²) in [7, 11) is -2.01. The Labute approximate surface area is 237 Å². The number of piperidine rings is 1. The number of sulfonamides is 1. The number of nitrogens with zero attached hydrogens (tertiary/aromatic N) is 3. The van der Waals surface area contributed by atoms with Crippen molar-refractivity contribution < 1.29 is 18.0 Å². The zero-order valence-electron chi connectivity index (χ0n) is 23.7. The fourth-order valence-electron chi connectivity index (χ4n) is 5.15. The molecule has 3 N–H and O–H groups in total. The van der Waals surface area contributed by atoms with E-state index in [4.69, 9.17) is 10.7 Å². The topological polar surface area (TPSA) is 125 Å². The SMILES string of the molecule is CSCCCCCCCC1=NC2(CCN(S(=O)(=O)C=Cc3c(C)cc(N(C)C(=O)CN)cc3C)CC2)C(=O)N1. The van der Waals surface area contributed by atoms with Crippen LogP contribution in [0.2, 0.25) is 0 Å². The molecule has 1 spiro atoms. The van der Waals surface area contributed by atoms with Gasteiger partial charge in [0.15, 0.2) is 0 Å². The quantitative estimate of drug-likeness (QED) is 0.345. The molecule has 0 bridgehead atoms. The molecule has 0 atom stereocenters. The van der Waals surface area contributed by atoms with Gasteiger partial charge in [0.2, 0.25) is 15.9 Å². The summed E-state index contributed by atoms with van der Waals surface area (Å²) < 4.78 is 27.7. The van der Waals surface area contributed by atoms with Gasteiger partial charge in [0.05, 0.1) is 6.54 Å². The van der Waals surface area contributed by atoms with Crippen LogP contribution in [0.4, 0.5) is 5.69 Å². The van der Waals surface area contributed by atoms with Gasteiger partial charge in [0.1, 0.15) is 11.4 Å². The molecule has 1 aromatic carbocycles. The lowest BCUT2D eigenvalue weighted by Gasteiger charge is -2.34. The Balaban J connectivity index is 1.58. The summed E-state index contributed by atoms with van der Waals surface area (Å²) in [5, 5.41) is 4.19. The number of benzene rings is 1. The van der Waals surface area contributed by atoms with Crippen LogP contribution in [-0.2, 0) is 19.6 Å². The summed E-state index contributed by atoms with van der Waals surface area (Å²) in [5.41, 5.74) is 7.84. The molecule has 2 amide bonds. The summed E-state index contributed by atoms with van der Waals surface area (Å²) in [5.74, 6) is 1.65. The second-order valence-corrected chi connectivity index (χ2v) is 13.3. The van der Waals surface area contributed by atoms with Crippen molar-refractivity contribution in [3.8, 4) is 0 Å². The molecule has 9 nitrogen and oxygen atoms in total. The molecule has 39 heavy (non-hydrogen) atoms. The van der Waals surface area contributed by atoms with E-state index in [1.54, 1.807) is 13.1 Å². The molecule has 216 valence electrons. The van der Waals surface area contributed by atoms with E-state index in [0.717, 1.165) is 41.8 Å². The first-order valence-electron chi connectivity index (χ1n) is 13.7. The van der Waals surface area contributed by atoms with Crippen LogP contribution in [0.3, 0.4) is 0 Å². The van der Waals surface area contributed by atoms with Crippen LogP contribution in [0.25, 0.3) is 6.08 Å². The van der Waals surface area contributed by atoms with Gasteiger partial charge < -0.3 is 16.0 Å². The number of aryl methyl sites for hydroxylation is 2. The maximum absolute atomic E-state index is 13.1. The molecule has 0 radical (unpaired) electrons. The highest BCUT2D eigenvalue weighted by molar-refractivity contribution is 7.98. The molecule has 1 aromatic rings. The number of amides is 2. The van der Waals surface area contributed by atoms with Gasteiger partial charge in [0.25, 0.3) is 5.91 Å². The number of amidine groups is 1. The predicted octanol–water partition coefficient (Wildman–Crippen LogP) is 3.59. The highest BCUT2D eigenvalue weighted by Gasteiger charge is 2.46. The van der Waals surface area contributed by atoms with Crippen molar-refractivity contribution in [2.75, 3.05) is 43.6 Å². The standard InChI is InChI=1S/C28H43N5O4S2/c1-21-18-23(32(3)26(34)20-29)19-22(2)24(21)11-17-39(36,37)33-14-12-28(13-15-33)27(35)30-25(31-28)10-8-6-5-7-9-16-38-4/h11,17-19H,5-10,12-16,20,29H2,1-4H3,(H,30,31,35). The predicted molar refractivity (Wildman–Crippen MR) is 162 cm³/mol. The number of hydrogen-bond acceptors (Lipinski definition) is 7. The molecule has 0 aromatic heterocycles. The van der Waals surface area contributed by atoms with Crippen LogP contribution in [0.1, 0.15) is 68.1 Å². The minimum absolute atomic E-state index is 0.0848. The molecule has 2 heterocycles. The molecular weight excluding hydrogens is 534 g/mol. The maximum Gasteiger partial charge on any atom is 0.253 e. The average molecular weight is 578 g/mol. The highest BCUT2D eigenvalue weighted by Crippen LogP contribution is 2.32. The van der Waals surface area contributed by atoms with E-state index in [-0.39, 0.29) is 31.4 Å². The van der Waals surface area contributed by atoms with Crippen LogP contribution >= 0.6 is 11.8 Å². The fraction of sp³-hybridized carbons (Fsp3) is 0.607. The van der Waals surface area contributed by atoms with E-state index in [0.29, 0.717) is 18.5 Å². The molecule has 0 saturated carbocycles.